The Morgan fingerprint density at radius 2 is 1.55 bits per heavy atom. The van der Waals surface area contributed by atoms with Gasteiger partial charge in [0.1, 0.15) is 16.4 Å². The second kappa shape index (κ2) is 9.67. The van der Waals surface area contributed by atoms with Crippen LogP contribution in [-0.4, -0.2) is 72.8 Å². The molecule has 1 heterocycles. The molecule has 10 nitrogen and oxygen atoms in total. The molecule has 0 aliphatic carbocycles. The van der Waals surface area contributed by atoms with Crippen molar-refractivity contribution in [1.82, 2.24) is 8.61 Å². The van der Waals surface area contributed by atoms with Gasteiger partial charge >= 0.3 is 0 Å². The van der Waals surface area contributed by atoms with Crippen molar-refractivity contribution in [2.75, 3.05) is 46.7 Å². The van der Waals surface area contributed by atoms with Gasteiger partial charge in [-0.2, -0.15) is 4.31 Å². The third kappa shape index (κ3) is 4.98. The van der Waals surface area contributed by atoms with Gasteiger partial charge in [0, 0.05) is 32.7 Å². The van der Waals surface area contributed by atoms with Gasteiger partial charge in [-0.3, -0.25) is 4.79 Å². The first-order valence-electron chi connectivity index (χ1n) is 10.1. The molecule has 180 valence electrons. The molecule has 0 unspecified atom stereocenters. The van der Waals surface area contributed by atoms with Crippen molar-refractivity contribution in [3.8, 4) is 11.5 Å². The van der Waals surface area contributed by atoms with E-state index in [0.29, 0.717) is 13.1 Å². The number of nitrogens with zero attached hydrogens (tertiary/aromatic N) is 2. The number of hydrogen-bond donors (Lipinski definition) is 1. The second-order valence-electron chi connectivity index (χ2n) is 7.58. The molecule has 3 rings (SSSR count). The van der Waals surface area contributed by atoms with E-state index in [4.69, 9.17) is 9.47 Å². The molecule has 2 aromatic rings. The first kappa shape index (κ1) is 25.0. The van der Waals surface area contributed by atoms with Gasteiger partial charge in [-0.05, 0) is 49.2 Å². The Morgan fingerprint density at radius 1 is 0.939 bits per heavy atom. The number of anilines is 1. The number of hydrogen-bond acceptors (Lipinski definition) is 7. The van der Waals surface area contributed by atoms with Gasteiger partial charge in [0.2, 0.25) is 20.0 Å². The largest absolute Gasteiger partial charge is 0.495 e. The number of sulfonamides is 2. The third-order valence-corrected chi connectivity index (χ3v) is 9.04. The van der Waals surface area contributed by atoms with E-state index < -0.39 is 26.0 Å². The molecule has 0 bridgehead atoms. The number of nitrogens with one attached hydrogen (secondary N) is 1. The first-order valence-corrected chi connectivity index (χ1v) is 13.0. The maximum Gasteiger partial charge on any atom is 0.255 e. The molecule has 1 fully saturated rings. The summed E-state index contributed by atoms with van der Waals surface area (Å²) in [7, 11) is -2.03. The number of ether oxygens (including phenoxy) is 2. The maximum atomic E-state index is 13.1. The van der Waals surface area contributed by atoms with Crippen LogP contribution in [0.3, 0.4) is 0 Å². The van der Waals surface area contributed by atoms with E-state index in [1.54, 1.807) is 0 Å². The summed E-state index contributed by atoms with van der Waals surface area (Å²) >= 11 is 0. The van der Waals surface area contributed by atoms with Gasteiger partial charge in [-0.15, -0.1) is 0 Å². The van der Waals surface area contributed by atoms with E-state index in [-0.39, 0.29) is 32.5 Å². The fourth-order valence-electron chi connectivity index (χ4n) is 3.44. The minimum atomic E-state index is -3.84. The monoisotopic (exact) mass is 497 g/mol. The number of rotatable bonds is 8. The van der Waals surface area contributed by atoms with E-state index in [1.807, 2.05) is 0 Å². The van der Waals surface area contributed by atoms with Crippen LogP contribution < -0.4 is 14.8 Å². The fraction of sp³-hybridized carbons (Fsp3) is 0.381. The highest BCUT2D eigenvalue weighted by Crippen LogP contribution is 2.32. The van der Waals surface area contributed by atoms with Gasteiger partial charge in [0.25, 0.3) is 5.91 Å². The van der Waals surface area contributed by atoms with Crippen LogP contribution in [0.2, 0.25) is 0 Å². The predicted molar refractivity (Wildman–Crippen MR) is 123 cm³/mol. The van der Waals surface area contributed by atoms with Gasteiger partial charge in [0.05, 0.1) is 24.8 Å². The Balaban J connectivity index is 1.98. The minimum absolute atomic E-state index is 0.0318. The summed E-state index contributed by atoms with van der Waals surface area (Å²) in [6.45, 7) is 0.818. The van der Waals surface area contributed by atoms with Crippen molar-refractivity contribution in [1.29, 1.82) is 0 Å². The smallest absolute Gasteiger partial charge is 0.255 e. The number of methoxy groups -OCH3 is 2. The lowest BCUT2D eigenvalue weighted by Gasteiger charge is -2.18. The molecule has 12 heteroatoms. The van der Waals surface area contributed by atoms with Crippen molar-refractivity contribution < 1.29 is 31.1 Å². The molecular formula is C21H27N3O7S2. The molecule has 1 amide bonds. The summed E-state index contributed by atoms with van der Waals surface area (Å²) in [6, 6.07) is 8.21. The highest BCUT2D eigenvalue weighted by atomic mass is 32.2. The molecule has 0 spiro atoms. The zero-order valence-electron chi connectivity index (χ0n) is 18.9. The maximum absolute atomic E-state index is 13.1. The Bertz CT molecular complexity index is 1250. The standard InChI is InChI=1S/C21H27N3O7S2/c1-23(2)32(26,27)16-8-10-18(30-3)17(14-16)22-21(25)15-7-9-19(31-4)20(13-15)33(28,29)24-11-5-6-12-24/h7-10,13-14H,5-6,11-12H2,1-4H3,(H,22,25). The molecule has 33 heavy (non-hydrogen) atoms. The lowest BCUT2D eigenvalue weighted by molar-refractivity contribution is 0.102. The average molecular weight is 498 g/mol. The average Bonchev–Trinajstić information content (AvgIpc) is 3.34. The predicted octanol–water partition coefficient (Wildman–Crippen LogP) is 1.99. The molecular weight excluding hydrogens is 470 g/mol. The summed E-state index contributed by atoms with van der Waals surface area (Å²) in [5.74, 6) is -0.247. The summed E-state index contributed by atoms with van der Waals surface area (Å²) in [6.07, 6.45) is 1.54. The van der Waals surface area contributed by atoms with E-state index in [9.17, 15) is 21.6 Å². The number of carbonyl (C=O) groups excluding carboxylic acids is 1. The fourth-order valence-corrected chi connectivity index (χ4v) is 6.06. The molecule has 0 atom stereocenters. The van der Waals surface area contributed by atoms with Gasteiger partial charge in [-0.1, -0.05) is 0 Å². The lowest BCUT2D eigenvalue weighted by Crippen LogP contribution is -2.28. The number of benzene rings is 2. The van der Waals surface area contributed by atoms with Crippen molar-refractivity contribution in [3.05, 3.63) is 42.0 Å². The molecule has 2 aromatic carbocycles. The van der Waals surface area contributed by atoms with E-state index in [2.05, 4.69) is 5.32 Å². The molecule has 0 radical (unpaired) electrons. The summed E-state index contributed by atoms with van der Waals surface area (Å²) < 4.78 is 64.0. The van der Waals surface area contributed by atoms with Crippen LogP contribution in [0.5, 0.6) is 11.5 Å². The molecule has 0 aromatic heterocycles. The second-order valence-corrected chi connectivity index (χ2v) is 11.6. The van der Waals surface area contributed by atoms with Gasteiger partial charge in [0.15, 0.2) is 0 Å². The highest BCUT2D eigenvalue weighted by Gasteiger charge is 2.31. The van der Waals surface area contributed by atoms with Crippen LogP contribution >= 0.6 is 0 Å². The minimum Gasteiger partial charge on any atom is -0.495 e. The van der Waals surface area contributed by atoms with E-state index >= 15 is 0 Å². The van der Waals surface area contributed by atoms with E-state index in [1.165, 1.54) is 69.0 Å². The first-order chi connectivity index (χ1) is 15.5. The van der Waals surface area contributed by atoms with Crippen LogP contribution in [0.1, 0.15) is 23.2 Å². The van der Waals surface area contributed by atoms with Crippen molar-refractivity contribution in [3.63, 3.8) is 0 Å². The van der Waals surface area contributed by atoms with E-state index in [0.717, 1.165) is 17.1 Å². The van der Waals surface area contributed by atoms with Gasteiger partial charge in [-0.25, -0.2) is 21.1 Å². The Morgan fingerprint density at radius 3 is 2.12 bits per heavy atom. The van der Waals surface area contributed by atoms with Crippen LogP contribution in [0, 0.1) is 0 Å². The zero-order valence-corrected chi connectivity index (χ0v) is 20.5. The molecule has 1 aliphatic heterocycles. The topological polar surface area (TPSA) is 122 Å². The van der Waals surface area contributed by atoms with Crippen LogP contribution in [0.15, 0.2) is 46.2 Å². The summed E-state index contributed by atoms with van der Waals surface area (Å²) in [5.41, 5.74) is 0.196. The normalized spacial score (nSPS) is 14.9. The molecule has 1 saturated heterocycles. The van der Waals surface area contributed by atoms with Gasteiger partial charge < -0.3 is 14.8 Å². The molecule has 1 aliphatic rings. The molecule has 0 saturated carbocycles. The zero-order chi connectivity index (χ0) is 24.4. The molecule has 1 N–H and O–H groups in total. The van der Waals surface area contributed by atoms with Crippen molar-refractivity contribution >= 4 is 31.6 Å². The lowest BCUT2D eigenvalue weighted by atomic mass is 10.2. The van der Waals surface area contributed by atoms with Crippen LogP contribution in [0.4, 0.5) is 5.69 Å². The van der Waals surface area contributed by atoms with Crippen LogP contribution in [-0.2, 0) is 20.0 Å². The Kier molecular flexibility index (Phi) is 7.32. The summed E-state index contributed by atoms with van der Waals surface area (Å²) in [5, 5.41) is 2.62. The van der Waals surface area contributed by atoms with Crippen molar-refractivity contribution in [2.45, 2.75) is 22.6 Å². The highest BCUT2D eigenvalue weighted by molar-refractivity contribution is 7.89. The number of carbonyl (C=O) groups is 1. The van der Waals surface area contributed by atoms with Crippen molar-refractivity contribution in [2.24, 2.45) is 0 Å². The number of amides is 1. The summed E-state index contributed by atoms with van der Waals surface area (Å²) in [4.78, 5) is 12.9. The third-order valence-electron chi connectivity index (χ3n) is 5.31. The van der Waals surface area contributed by atoms with Crippen LogP contribution in [0.25, 0.3) is 0 Å². The SMILES string of the molecule is COc1ccc(S(=O)(=O)N(C)C)cc1NC(=O)c1ccc(OC)c(S(=O)(=O)N2CCCC2)c1. The Labute approximate surface area is 194 Å². The quantitative estimate of drug-likeness (QED) is 0.592. The Hall–Kier alpha value is -2.67.